The Hall–Kier alpha value is -3.56. The summed E-state index contributed by atoms with van der Waals surface area (Å²) in [5.41, 5.74) is 3.59. The lowest BCUT2D eigenvalue weighted by molar-refractivity contribution is -0.146. The van der Waals surface area contributed by atoms with E-state index in [-0.39, 0.29) is 18.8 Å². The van der Waals surface area contributed by atoms with Gasteiger partial charge in [0.05, 0.1) is 23.9 Å². The molecule has 30 heavy (non-hydrogen) atoms. The summed E-state index contributed by atoms with van der Waals surface area (Å²) in [6.45, 7) is -0.363. The molecule has 0 unspecified atom stereocenters. The highest BCUT2D eigenvalue weighted by Gasteiger charge is 2.11. The van der Waals surface area contributed by atoms with Crippen molar-refractivity contribution in [2.45, 2.75) is 11.3 Å². The number of rotatable bonds is 8. The van der Waals surface area contributed by atoms with E-state index < -0.39 is 11.9 Å². The fraction of sp³-hybridized carbons (Fsp3) is 0.125. The molecule has 150 valence electrons. The van der Waals surface area contributed by atoms with Crippen LogP contribution in [-0.2, 0) is 20.7 Å². The van der Waals surface area contributed by atoms with E-state index in [2.05, 4.69) is 11.4 Å². The number of hydrogen-bond acceptors (Lipinski definition) is 5. The predicted octanol–water partition coefficient (Wildman–Crippen LogP) is 4.69. The van der Waals surface area contributed by atoms with Crippen molar-refractivity contribution in [3.05, 3.63) is 84.4 Å². The van der Waals surface area contributed by atoms with Crippen LogP contribution in [0.1, 0.15) is 5.56 Å². The van der Waals surface area contributed by atoms with Gasteiger partial charge in [0.25, 0.3) is 5.91 Å². The molecule has 0 fully saturated rings. The predicted molar refractivity (Wildman–Crippen MR) is 118 cm³/mol. The lowest BCUT2D eigenvalue weighted by Crippen LogP contribution is -2.22. The highest BCUT2D eigenvalue weighted by atomic mass is 32.2. The molecule has 0 aliphatic carbocycles. The van der Waals surface area contributed by atoms with Gasteiger partial charge in [-0.15, -0.1) is 11.8 Å². The molecule has 1 amide bonds. The van der Waals surface area contributed by atoms with Gasteiger partial charge >= 0.3 is 5.97 Å². The Labute approximate surface area is 179 Å². The first-order chi connectivity index (χ1) is 14.7. The molecule has 0 heterocycles. The zero-order valence-corrected chi connectivity index (χ0v) is 17.0. The monoisotopic (exact) mass is 416 g/mol. The summed E-state index contributed by atoms with van der Waals surface area (Å²) in [6, 6.07) is 26.9. The summed E-state index contributed by atoms with van der Waals surface area (Å²) in [6.07, 6.45) is 0.0942. The van der Waals surface area contributed by atoms with E-state index >= 15 is 0 Å². The lowest BCUT2D eigenvalue weighted by Gasteiger charge is -2.10. The fourth-order valence-corrected chi connectivity index (χ4v) is 3.47. The maximum absolute atomic E-state index is 12.1. The second kappa shape index (κ2) is 10.8. The van der Waals surface area contributed by atoms with Gasteiger partial charge in [0.2, 0.25) is 0 Å². The molecule has 0 aromatic heterocycles. The maximum atomic E-state index is 12.1. The van der Waals surface area contributed by atoms with Gasteiger partial charge in [0, 0.05) is 4.90 Å². The Balaban J connectivity index is 1.49. The molecule has 0 atom stereocenters. The Bertz CT molecular complexity index is 1040. The van der Waals surface area contributed by atoms with Crippen molar-refractivity contribution in [3.8, 4) is 17.2 Å². The Morgan fingerprint density at radius 2 is 1.57 bits per heavy atom. The molecule has 0 saturated carbocycles. The number of amides is 1. The van der Waals surface area contributed by atoms with E-state index in [1.54, 1.807) is 12.1 Å². The first-order valence-corrected chi connectivity index (χ1v) is 10.3. The first-order valence-electron chi connectivity index (χ1n) is 9.34. The fourth-order valence-electron chi connectivity index (χ4n) is 2.80. The minimum absolute atomic E-state index is 0.0942. The van der Waals surface area contributed by atoms with Crippen LogP contribution in [0, 0.1) is 11.3 Å². The quantitative estimate of drug-likeness (QED) is 0.426. The number of esters is 1. The molecule has 3 aromatic rings. The third-order valence-corrected chi connectivity index (χ3v) is 5.17. The standard InChI is InChI=1S/C24H20N2O3S/c25-14-15-30-22-9-5-4-8-21(22)26-23(27)17-29-24(28)16-18-10-12-20(13-11-18)19-6-2-1-3-7-19/h1-13H,15-17H2,(H,26,27). The molecular formula is C24H20N2O3S. The average Bonchev–Trinajstić information content (AvgIpc) is 2.78. The van der Waals surface area contributed by atoms with E-state index in [1.807, 2.05) is 66.7 Å². The second-order valence-corrected chi connectivity index (χ2v) is 7.41. The maximum Gasteiger partial charge on any atom is 0.310 e. The molecule has 0 aliphatic rings. The van der Waals surface area contributed by atoms with E-state index in [1.165, 1.54) is 11.8 Å². The van der Waals surface area contributed by atoms with Gasteiger partial charge in [0.15, 0.2) is 6.61 Å². The van der Waals surface area contributed by atoms with Gasteiger partial charge in [-0.1, -0.05) is 66.7 Å². The number of para-hydroxylation sites is 1. The van der Waals surface area contributed by atoms with Crippen LogP contribution in [0.25, 0.3) is 11.1 Å². The van der Waals surface area contributed by atoms with Crippen molar-refractivity contribution in [1.29, 1.82) is 5.26 Å². The summed E-state index contributed by atoms with van der Waals surface area (Å²) in [5, 5.41) is 11.4. The first kappa shape index (κ1) is 21.2. The molecule has 0 spiro atoms. The number of nitrogens with one attached hydrogen (secondary N) is 1. The van der Waals surface area contributed by atoms with Crippen LogP contribution < -0.4 is 5.32 Å². The molecule has 6 heteroatoms. The summed E-state index contributed by atoms with van der Waals surface area (Å²) in [4.78, 5) is 25.0. The van der Waals surface area contributed by atoms with Crippen molar-refractivity contribution in [1.82, 2.24) is 0 Å². The molecule has 0 aliphatic heterocycles. The number of benzene rings is 3. The third kappa shape index (κ3) is 6.23. The molecule has 3 aromatic carbocycles. The lowest BCUT2D eigenvalue weighted by atomic mass is 10.0. The number of nitrogens with zero attached hydrogens (tertiary/aromatic N) is 1. The Morgan fingerprint density at radius 1 is 0.900 bits per heavy atom. The number of carbonyl (C=O) groups is 2. The topological polar surface area (TPSA) is 79.2 Å². The van der Waals surface area contributed by atoms with Crippen LogP contribution in [0.4, 0.5) is 5.69 Å². The van der Waals surface area contributed by atoms with E-state index in [4.69, 9.17) is 10.00 Å². The minimum Gasteiger partial charge on any atom is -0.455 e. The van der Waals surface area contributed by atoms with E-state index in [9.17, 15) is 9.59 Å². The number of nitriles is 1. The zero-order valence-electron chi connectivity index (χ0n) is 16.2. The van der Waals surface area contributed by atoms with E-state index in [0.29, 0.717) is 5.69 Å². The molecule has 0 saturated heterocycles. The van der Waals surface area contributed by atoms with Crippen LogP contribution in [0.5, 0.6) is 0 Å². The van der Waals surface area contributed by atoms with Gasteiger partial charge in [-0.25, -0.2) is 0 Å². The molecule has 3 rings (SSSR count). The number of carbonyl (C=O) groups excluding carboxylic acids is 2. The highest BCUT2D eigenvalue weighted by molar-refractivity contribution is 7.99. The smallest absolute Gasteiger partial charge is 0.310 e. The van der Waals surface area contributed by atoms with E-state index in [0.717, 1.165) is 21.6 Å². The summed E-state index contributed by atoms with van der Waals surface area (Å²) in [5.74, 6) is -0.609. The van der Waals surface area contributed by atoms with Crippen molar-refractivity contribution >= 4 is 29.3 Å². The van der Waals surface area contributed by atoms with Gasteiger partial charge in [0.1, 0.15) is 0 Å². The third-order valence-electron chi connectivity index (χ3n) is 4.23. The van der Waals surface area contributed by atoms with Crippen molar-refractivity contribution in [2.24, 2.45) is 0 Å². The molecule has 0 bridgehead atoms. The van der Waals surface area contributed by atoms with Crippen LogP contribution >= 0.6 is 11.8 Å². The molecule has 0 radical (unpaired) electrons. The second-order valence-electron chi connectivity index (χ2n) is 6.39. The number of anilines is 1. The van der Waals surface area contributed by atoms with Gasteiger partial charge in [-0.3, -0.25) is 9.59 Å². The van der Waals surface area contributed by atoms with Crippen molar-refractivity contribution < 1.29 is 14.3 Å². The summed E-state index contributed by atoms with van der Waals surface area (Å²) >= 11 is 1.33. The van der Waals surface area contributed by atoms with Gasteiger partial charge in [-0.05, 0) is 28.8 Å². The van der Waals surface area contributed by atoms with Crippen molar-refractivity contribution in [2.75, 3.05) is 17.7 Å². The average molecular weight is 417 g/mol. The zero-order chi connectivity index (χ0) is 21.2. The number of ether oxygens (including phenoxy) is 1. The Morgan fingerprint density at radius 3 is 2.30 bits per heavy atom. The minimum atomic E-state index is -0.468. The summed E-state index contributed by atoms with van der Waals surface area (Å²) < 4.78 is 5.11. The van der Waals surface area contributed by atoms with Crippen LogP contribution in [0.3, 0.4) is 0 Å². The Kier molecular flexibility index (Phi) is 7.64. The number of hydrogen-bond donors (Lipinski definition) is 1. The summed E-state index contributed by atoms with van der Waals surface area (Å²) in [7, 11) is 0. The van der Waals surface area contributed by atoms with Gasteiger partial charge in [-0.2, -0.15) is 5.26 Å². The van der Waals surface area contributed by atoms with Crippen LogP contribution in [0.15, 0.2) is 83.8 Å². The normalized spacial score (nSPS) is 10.1. The molecule has 1 N–H and O–H groups in total. The van der Waals surface area contributed by atoms with Crippen LogP contribution in [0.2, 0.25) is 0 Å². The molecule has 5 nitrogen and oxygen atoms in total. The molecular weight excluding hydrogens is 396 g/mol. The number of thioether (sulfide) groups is 1. The largest absolute Gasteiger partial charge is 0.455 e. The SMILES string of the molecule is N#CCSc1ccccc1NC(=O)COC(=O)Cc1ccc(-c2ccccc2)cc1. The van der Waals surface area contributed by atoms with Gasteiger partial charge < -0.3 is 10.1 Å². The highest BCUT2D eigenvalue weighted by Crippen LogP contribution is 2.26. The van der Waals surface area contributed by atoms with Crippen LogP contribution in [-0.4, -0.2) is 24.2 Å². The van der Waals surface area contributed by atoms with Crippen molar-refractivity contribution in [3.63, 3.8) is 0 Å².